The molecule has 2 aliphatic heterocycles. The number of carbonyl (C=O) groups is 1. The highest BCUT2D eigenvalue weighted by Gasteiger charge is 2.45. The van der Waals surface area contributed by atoms with Crippen LogP contribution in [0.1, 0.15) is 105 Å². The van der Waals surface area contributed by atoms with E-state index in [2.05, 4.69) is 57.9 Å². The van der Waals surface area contributed by atoms with Gasteiger partial charge in [-0.15, -0.1) is 5.54 Å². The van der Waals surface area contributed by atoms with E-state index in [1.165, 1.54) is 13.2 Å². The summed E-state index contributed by atoms with van der Waals surface area (Å²) in [5.41, 5.74) is 5.76. The van der Waals surface area contributed by atoms with Crippen molar-refractivity contribution in [3.63, 3.8) is 0 Å². The zero-order valence-electron chi connectivity index (χ0n) is 34.6. The van der Waals surface area contributed by atoms with E-state index in [1.807, 2.05) is 37.9 Å². The molecule has 4 aromatic rings. The molecular weight excluding hydrogens is 727 g/mol. The molecular formula is C45H56F2N4O4Si. The van der Waals surface area contributed by atoms with Gasteiger partial charge in [0.1, 0.15) is 36.8 Å². The van der Waals surface area contributed by atoms with Gasteiger partial charge in [-0.2, -0.15) is 0 Å². The van der Waals surface area contributed by atoms with Crippen molar-refractivity contribution >= 4 is 41.5 Å². The average Bonchev–Trinajstić information content (AvgIpc) is 3.94. The Bertz CT molecular complexity index is 2190. The quantitative estimate of drug-likeness (QED) is 0.0950. The second kappa shape index (κ2) is 15.2. The molecule has 2 unspecified atom stereocenters. The fraction of sp³-hybridized carbons (Fsp3) is 0.533. The molecule has 1 aliphatic carbocycles. The maximum absolute atomic E-state index is 17.7. The Morgan fingerprint density at radius 2 is 1.59 bits per heavy atom. The van der Waals surface area contributed by atoms with Gasteiger partial charge in [0.25, 0.3) is 0 Å². The molecule has 3 aliphatic rings. The third kappa shape index (κ3) is 7.24. The van der Waals surface area contributed by atoms with Crippen LogP contribution in [0.4, 0.5) is 19.4 Å². The normalized spacial score (nSPS) is 18.7. The Hall–Kier alpha value is -4.27. The molecule has 2 saturated heterocycles. The number of ether oxygens (including phenoxy) is 3. The number of anilines is 1. The van der Waals surface area contributed by atoms with Crippen LogP contribution in [0, 0.1) is 23.1 Å². The molecule has 1 saturated carbocycles. The van der Waals surface area contributed by atoms with Crippen LogP contribution < -0.4 is 9.64 Å². The lowest BCUT2D eigenvalue weighted by atomic mass is 9.94. The van der Waals surface area contributed by atoms with Crippen molar-refractivity contribution in [1.29, 1.82) is 0 Å². The molecule has 298 valence electrons. The SMILES string of the molecule is COCOc1cc(-c2ncc3c(N4CC5CCC(C4)N5C(=O)OC(C)(C)C)ncc(C4CC4)c3c2F)c2c(C#C[Si](C(C)C)(C(C)C)C(C)C)c(F)ccc2c1. The number of hydrogen-bond acceptors (Lipinski definition) is 7. The smallest absolute Gasteiger partial charge is 0.410 e. The number of fused-ring (bicyclic) bond motifs is 4. The van der Waals surface area contributed by atoms with Gasteiger partial charge in [-0.1, -0.05) is 53.5 Å². The first-order chi connectivity index (χ1) is 26.5. The number of methoxy groups -OCH3 is 1. The first-order valence-electron chi connectivity index (χ1n) is 20.2. The number of piperazine rings is 1. The molecule has 2 aromatic carbocycles. The van der Waals surface area contributed by atoms with Crippen LogP contribution in [0.25, 0.3) is 32.8 Å². The number of rotatable bonds is 9. The van der Waals surface area contributed by atoms with Crippen LogP contribution >= 0.6 is 0 Å². The number of aromatic nitrogens is 2. The van der Waals surface area contributed by atoms with Crippen molar-refractivity contribution in [2.24, 2.45) is 0 Å². The van der Waals surface area contributed by atoms with Gasteiger partial charge in [0, 0.05) is 54.3 Å². The summed E-state index contributed by atoms with van der Waals surface area (Å²) in [6, 6.07) is 6.60. The van der Waals surface area contributed by atoms with Crippen molar-refractivity contribution < 1.29 is 27.8 Å². The molecule has 8 nitrogen and oxygen atoms in total. The summed E-state index contributed by atoms with van der Waals surface area (Å²) in [5.74, 6) is 3.73. The first-order valence-corrected chi connectivity index (χ1v) is 22.4. The molecule has 2 aromatic heterocycles. The molecule has 0 N–H and O–H groups in total. The molecule has 2 atom stereocenters. The van der Waals surface area contributed by atoms with Gasteiger partial charge >= 0.3 is 6.09 Å². The van der Waals surface area contributed by atoms with Gasteiger partial charge in [0.15, 0.2) is 12.6 Å². The Morgan fingerprint density at radius 3 is 2.18 bits per heavy atom. The topological polar surface area (TPSA) is 77.0 Å². The predicted molar refractivity (Wildman–Crippen MR) is 222 cm³/mol. The standard InChI is InChI=1S/C45H56F2N4O4Si/c1-26(2)56(27(3)4,28(5)6)18-17-34-38(46)16-13-30-19-33(54-25-53-10)20-35(39(30)34)42-41(47)40-36(29-11-12-29)21-49-43(37(40)22-48-42)50-23-31-14-15-32(24-50)51(31)44(52)55-45(7,8)9/h13,16,19-22,26-29,31-32H,11-12,14-15,23-25H2,1-10H3. The summed E-state index contributed by atoms with van der Waals surface area (Å²) >= 11 is 0. The lowest BCUT2D eigenvalue weighted by molar-refractivity contribution is 0.0123. The second-order valence-corrected chi connectivity index (χ2v) is 23.5. The predicted octanol–water partition coefficient (Wildman–Crippen LogP) is 10.7. The zero-order valence-corrected chi connectivity index (χ0v) is 35.6. The number of hydrogen-bond donors (Lipinski definition) is 0. The van der Waals surface area contributed by atoms with Gasteiger partial charge in [0.05, 0.1) is 17.6 Å². The van der Waals surface area contributed by atoms with Crippen molar-refractivity contribution in [2.75, 3.05) is 31.9 Å². The van der Waals surface area contributed by atoms with Crippen LogP contribution in [0.15, 0.2) is 36.7 Å². The van der Waals surface area contributed by atoms with Gasteiger partial charge in [-0.3, -0.25) is 9.88 Å². The number of carbonyl (C=O) groups excluding carboxylic acids is 1. The third-order valence-corrected chi connectivity index (χ3v) is 18.5. The van der Waals surface area contributed by atoms with E-state index in [4.69, 9.17) is 24.2 Å². The van der Waals surface area contributed by atoms with Gasteiger partial charge in [-0.25, -0.2) is 18.6 Å². The van der Waals surface area contributed by atoms with Crippen molar-refractivity contribution in [3.05, 3.63) is 59.4 Å². The maximum atomic E-state index is 17.7. The van der Waals surface area contributed by atoms with E-state index >= 15 is 8.78 Å². The minimum Gasteiger partial charge on any atom is -0.468 e. The van der Waals surface area contributed by atoms with Crippen LogP contribution in [0.3, 0.4) is 0 Å². The highest BCUT2D eigenvalue weighted by Crippen LogP contribution is 2.48. The van der Waals surface area contributed by atoms with E-state index in [1.54, 1.807) is 18.3 Å². The molecule has 7 rings (SSSR count). The molecule has 56 heavy (non-hydrogen) atoms. The summed E-state index contributed by atoms with van der Waals surface area (Å²) in [4.78, 5) is 27.1. The summed E-state index contributed by atoms with van der Waals surface area (Å²) in [7, 11) is -0.716. The van der Waals surface area contributed by atoms with E-state index in [9.17, 15) is 4.79 Å². The van der Waals surface area contributed by atoms with Crippen LogP contribution in [-0.2, 0) is 9.47 Å². The summed E-state index contributed by atoms with van der Waals surface area (Å²) < 4.78 is 50.9. The van der Waals surface area contributed by atoms with Crippen LogP contribution in [-0.4, -0.2) is 73.7 Å². The second-order valence-electron chi connectivity index (χ2n) is 17.9. The Morgan fingerprint density at radius 1 is 0.929 bits per heavy atom. The summed E-state index contributed by atoms with van der Waals surface area (Å²) in [6.45, 7) is 20.1. The summed E-state index contributed by atoms with van der Waals surface area (Å²) in [5, 5.41) is 2.28. The molecule has 11 heteroatoms. The minimum absolute atomic E-state index is 0.0121. The van der Waals surface area contributed by atoms with E-state index in [0.717, 1.165) is 31.2 Å². The van der Waals surface area contributed by atoms with E-state index in [0.29, 0.717) is 68.4 Å². The zero-order chi connectivity index (χ0) is 40.3. The number of benzene rings is 2. The lowest BCUT2D eigenvalue weighted by Gasteiger charge is -2.42. The monoisotopic (exact) mass is 782 g/mol. The lowest BCUT2D eigenvalue weighted by Crippen LogP contribution is -2.57. The number of pyridine rings is 2. The Kier molecular flexibility index (Phi) is 10.9. The average molecular weight is 783 g/mol. The minimum atomic E-state index is -2.26. The van der Waals surface area contributed by atoms with Crippen molar-refractivity contribution in [1.82, 2.24) is 14.9 Å². The van der Waals surface area contributed by atoms with Crippen LogP contribution in [0.2, 0.25) is 16.6 Å². The number of amides is 1. The Labute approximate surface area is 331 Å². The molecule has 1 amide bonds. The summed E-state index contributed by atoms with van der Waals surface area (Å²) in [6.07, 6.45) is 6.88. The van der Waals surface area contributed by atoms with Crippen molar-refractivity contribution in [3.8, 4) is 28.5 Å². The highest BCUT2D eigenvalue weighted by atomic mass is 28.3. The number of halogens is 2. The third-order valence-electron chi connectivity index (χ3n) is 12.2. The molecule has 4 heterocycles. The first kappa shape index (κ1) is 39.9. The van der Waals surface area contributed by atoms with Gasteiger partial charge in [0.2, 0.25) is 0 Å². The highest BCUT2D eigenvalue weighted by molar-refractivity contribution is 6.90. The Balaban J connectivity index is 1.39. The number of nitrogens with zero attached hydrogens (tertiary/aromatic N) is 4. The maximum Gasteiger partial charge on any atom is 0.410 e. The molecule has 0 spiro atoms. The van der Waals surface area contributed by atoms with E-state index < -0.39 is 25.3 Å². The molecule has 3 fully saturated rings. The van der Waals surface area contributed by atoms with Gasteiger partial charge in [-0.05, 0) is 98.1 Å². The van der Waals surface area contributed by atoms with Gasteiger partial charge < -0.3 is 19.1 Å². The fourth-order valence-corrected chi connectivity index (χ4v) is 14.8. The molecule has 2 bridgehead atoms. The largest absolute Gasteiger partial charge is 0.468 e. The molecule has 0 radical (unpaired) electrons. The fourth-order valence-electron chi connectivity index (χ4n) is 9.57. The van der Waals surface area contributed by atoms with E-state index in [-0.39, 0.29) is 42.1 Å². The van der Waals surface area contributed by atoms with Crippen molar-refractivity contribution in [2.45, 2.75) is 128 Å². The van der Waals surface area contributed by atoms with Crippen LogP contribution in [0.5, 0.6) is 5.75 Å².